The molecule has 0 aromatic heterocycles. The largest absolute Gasteiger partial charge is 0.462 e. The van der Waals surface area contributed by atoms with Crippen LogP contribution in [0.1, 0.15) is 187 Å². The van der Waals surface area contributed by atoms with Crippen LogP contribution in [-0.2, 0) is 19.1 Å². The fraction of sp³-hybridized carbons (Fsp3) is 0.895. The van der Waals surface area contributed by atoms with Gasteiger partial charge in [0.15, 0.2) is 6.10 Å². The van der Waals surface area contributed by atoms with Gasteiger partial charge in [0.05, 0.1) is 18.8 Å². The van der Waals surface area contributed by atoms with Crippen molar-refractivity contribution in [3.63, 3.8) is 0 Å². The number of carbonyl (C=O) groups is 2. The van der Waals surface area contributed by atoms with Gasteiger partial charge in [-0.3, -0.25) is 9.59 Å². The van der Waals surface area contributed by atoms with Gasteiger partial charge in [0.25, 0.3) is 0 Å². The predicted octanol–water partition coefficient (Wildman–Crippen LogP) is 9.28. The lowest BCUT2D eigenvalue weighted by Crippen LogP contribution is -2.28. The average Bonchev–Trinajstić information content (AvgIpc) is 3.04. The molecule has 45 heavy (non-hydrogen) atoms. The molecular weight excluding hydrogens is 568 g/mol. The van der Waals surface area contributed by atoms with Gasteiger partial charge in [0.1, 0.15) is 6.61 Å². The first-order chi connectivity index (χ1) is 21.9. The summed E-state index contributed by atoms with van der Waals surface area (Å²) in [6, 6.07) is 0. The zero-order valence-electron chi connectivity index (χ0n) is 29.4. The molecule has 0 aliphatic heterocycles. The van der Waals surface area contributed by atoms with E-state index in [1.807, 2.05) is 6.08 Å². The normalized spacial score (nSPS) is 13.6. The van der Waals surface area contributed by atoms with Crippen LogP contribution in [-0.4, -0.2) is 58.8 Å². The van der Waals surface area contributed by atoms with E-state index in [0.29, 0.717) is 25.7 Å². The minimum absolute atomic E-state index is 0.109. The van der Waals surface area contributed by atoms with Crippen LogP contribution in [0.4, 0.5) is 0 Å². The molecule has 0 bridgehead atoms. The molecule has 0 saturated heterocycles. The van der Waals surface area contributed by atoms with Gasteiger partial charge in [-0.25, -0.2) is 0 Å². The van der Waals surface area contributed by atoms with Crippen LogP contribution < -0.4 is 0 Å². The number of hydrogen-bond donors (Lipinski definition) is 3. The SMILES string of the molecule is CCCCC/C=C\C[C@H](O)[C@@H](O)CCCCCCCC(=O)O[C@@H](CO)COC(=O)CCCCCCCCCCCCCCCC. The first-order valence-corrected chi connectivity index (χ1v) is 18.9. The molecule has 0 radical (unpaired) electrons. The van der Waals surface area contributed by atoms with Gasteiger partial charge >= 0.3 is 11.9 Å². The fourth-order valence-electron chi connectivity index (χ4n) is 5.46. The van der Waals surface area contributed by atoms with Crippen LogP contribution in [0, 0.1) is 0 Å². The van der Waals surface area contributed by atoms with Gasteiger partial charge in [-0.15, -0.1) is 0 Å². The van der Waals surface area contributed by atoms with E-state index in [9.17, 15) is 24.9 Å². The zero-order valence-corrected chi connectivity index (χ0v) is 29.4. The molecule has 0 spiro atoms. The Morgan fingerprint density at radius 2 is 1.04 bits per heavy atom. The number of allylic oxidation sites excluding steroid dienone is 1. The average molecular weight is 641 g/mol. The first kappa shape index (κ1) is 43.6. The molecule has 7 heteroatoms. The van der Waals surface area contributed by atoms with Gasteiger partial charge in [0, 0.05) is 12.8 Å². The number of hydrogen-bond acceptors (Lipinski definition) is 7. The Kier molecular flexibility index (Phi) is 32.8. The molecule has 3 atom stereocenters. The van der Waals surface area contributed by atoms with Crippen molar-refractivity contribution in [3.8, 4) is 0 Å². The maximum Gasteiger partial charge on any atom is 0.306 e. The highest BCUT2D eigenvalue weighted by molar-refractivity contribution is 5.70. The van der Waals surface area contributed by atoms with Gasteiger partial charge < -0.3 is 24.8 Å². The third-order valence-corrected chi connectivity index (χ3v) is 8.51. The zero-order chi connectivity index (χ0) is 33.2. The summed E-state index contributed by atoms with van der Waals surface area (Å²) in [4.78, 5) is 24.2. The van der Waals surface area contributed by atoms with Crippen molar-refractivity contribution in [2.24, 2.45) is 0 Å². The topological polar surface area (TPSA) is 113 Å². The Morgan fingerprint density at radius 3 is 1.58 bits per heavy atom. The van der Waals surface area contributed by atoms with Crippen LogP contribution in [0.25, 0.3) is 0 Å². The van der Waals surface area contributed by atoms with Gasteiger partial charge in [-0.2, -0.15) is 0 Å². The number of unbranched alkanes of at least 4 members (excludes halogenated alkanes) is 20. The molecule has 0 fully saturated rings. The highest BCUT2D eigenvalue weighted by Crippen LogP contribution is 2.15. The van der Waals surface area contributed by atoms with Gasteiger partial charge in [-0.1, -0.05) is 148 Å². The van der Waals surface area contributed by atoms with Crippen molar-refractivity contribution in [3.05, 3.63) is 12.2 Å². The van der Waals surface area contributed by atoms with Crippen LogP contribution in [0.5, 0.6) is 0 Å². The number of esters is 2. The standard InChI is InChI=1S/C38H72O7/c1-3-5-7-9-11-12-13-14-15-16-17-18-22-26-30-37(42)44-33-34(32-39)45-38(43)31-27-23-19-21-25-29-36(41)35(40)28-24-20-10-8-6-4-2/h20,24,34-36,39-41H,3-19,21-23,25-33H2,1-2H3/b24-20-/t34-,35-,36-/m0/s1. The Balaban J connectivity index is 3.68. The van der Waals surface area contributed by atoms with E-state index in [0.717, 1.165) is 51.4 Å². The minimum Gasteiger partial charge on any atom is -0.462 e. The Morgan fingerprint density at radius 1 is 0.578 bits per heavy atom. The van der Waals surface area contributed by atoms with Gasteiger partial charge in [0.2, 0.25) is 0 Å². The lowest BCUT2D eigenvalue weighted by molar-refractivity contribution is -0.161. The number of aliphatic hydroxyl groups excluding tert-OH is 3. The number of ether oxygens (including phenoxy) is 2. The second-order valence-corrected chi connectivity index (χ2v) is 13.0. The lowest BCUT2D eigenvalue weighted by Gasteiger charge is -2.16. The summed E-state index contributed by atoms with van der Waals surface area (Å²) >= 11 is 0. The molecule has 0 aliphatic carbocycles. The van der Waals surface area contributed by atoms with Crippen molar-refractivity contribution < 1.29 is 34.4 Å². The highest BCUT2D eigenvalue weighted by atomic mass is 16.6. The summed E-state index contributed by atoms with van der Waals surface area (Å²) in [6.45, 7) is 3.95. The van der Waals surface area contributed by atoms with Crippen LogP contribution in [0.3, 0.4) is 0 Å². The highest BCUT2D eigenvalue weighted by Gasteiger charge is 2.16. The molecule has 0 unspecified atom stereocenters. The smallest absolute Gasteiger partial charge is 0.306 e. The molecule has 0 rings (SSSR count). The summed E-state index contributed by atoms with van der Waals surface area (Å²) in [6.07, 6.45) is 30.1. The van der Waals surface area contributed by atoms with Crippen molar-refractivity contribution in [2.45, 2.75) is 206 Å². The van der Waals surface area contributed by atoms with Crippen molar-refractivity contribution >= 4 is 11.9 Å². The maximum absolute atomic E-state index is 12.1. The van der Waals surface area contributed by atoms with E-state index < -0.39 is 24.3 Å². The molecule has 0 aromatic carbocycles. The van der Waals surface area contributed by atoms with E-state index in [4.69, 9.17) is 9.47 Å². The summed E-state index contributed by atoms with van der Waals surface area (Å²) < 4.78 is 10.5. The van der Waals surface area contributed by atoms with E-state index in [-0.39, 0.29) is 25.6 Å². The molecule has 266 valence electrons. The van der Waals surface area contributed by atoms with Crippen molar-refractivity contribution in [1.82, 2.24) is 0 Å². The first-order valence-electron chi connectivity index (χ1n) is 18.9. The summed E-state index contributed by atoms with van der Waals surface area (Å²) in [5, 5.41) is 29.8. The minimum atomic E-state index is -0.822. The molecule has 7 nitrogen and oxygen atoms in total. The quantitative estimate of drug-likeness (QED) is 0.0365. The predicted molar refractivity (Wildman–Crippen MR) is 185 cm³/mol. The molecule has 0 heterocycles. The second-order valence-electron chi connectivity index (χ2n) is 13.0. The number of carbonyl (C=O) groups excluding carboxylic acids is 2. The van der Waals surface area contributed by atoms with E-state index >= 15 is 0 Å². The number of rotatable bonds is 34. The third kappa shape index (κ3) is 31.0. The van der Waals surface area contributed by atoms with Crippen molar-refractivity contribution in [2.75, 3.05) is 13.2 Å². The third-order valence-electron chi connectivity index (χ3n) is 8.51. The van der Waals surface area contributed by atoms with Crippen LogP contribution >= 0.6 is 0 Å². The second kappa shape index (κ2) is 33.9. The van der Waals surface area contributed by atoms with Crippen molar-refractivity contribution in [1.29, 1.82) is 0 Å². The van der Waals surface area contributed by atoms with Crippen LogP contribution in [0.15, 0.2) is 12.2 Å². The summed E-state index contributed by atoms with van der Waals surface area (Å²) in [7, 11) is 0. The van der Waals surface area contributed by atoms with Gasteiger partial charge in [-0.05, 0) is 38.5 Å². The summed E-state index contributed by atoms with van der Waals surface area (Å²) in [5.41, 5.74) is 0. The lowest BCUT2D eigenvalue weighted by atomic mass is 10.0. The van der Waals surface area contributed by atoms with E-state index in [1.54, 1.807) is 0 Å². The fourth-order valence-corrected chi connectivity index (χ4v) is 5.46. The Labute approximate surface area is 276 Å². The maximum atomic E-state index is 12.1. The number of aliphatic hydroxyl groups is 3. The Bertz CT molecular complexity index is 681. The molecular formula is C38H72O7. The molecule has 3 N–H and O–H groups in total. The molecule has 0 aliphatic rings. The monoisotopic (exact) mass is 641 g/mol. The van der Waals surface area contributed by atoms with E-state index in [1.165, 1.54) is 89.9 Å². The van der Waals surface area contributed by atoms with Crippen LogP contribution in [0.2, 0.25) is 0 Å². The Hall–Kier alpha value is -1.44. The molecule has 0 aromatic rings. The molecule has 0 saturated carbocycles. The van der Waals surface area contributed by atoms with E-state index in [2.05, 4.69) is 19.9 Å². The summed E-state index contributed by atoms with van der Waals surface area (Å²) in [5.74, 6) is -0.696. The molecule has 0 amide bonds.